The van der Waals surface area contributed by atoms with Crippen LogP contribution in [-0.2, 0) is 9.59 Å². The van der Waals surface area contributed by atoms with E-state index >= 15 is 0 Å². The van der Waals surface area contributed by atoms with E-state index in [2.05, 4.69) is 15.6 Å². The van der Waals surface area contributed by atoms with Crippen LogP contribution in [0.4, 0.5) is 11.5 Å². The van der Waals surface area contributed by atoms with Gasteiger partial charge in [0.05, 0.1) is 5.75 Å². The first-order valence-electron chi connectivity index (χ1n) is 6.35. The van der Waals surface area contributed by atoms with E-state index in [1.807, 2.05) is 24.3 Å². The van der Waals surface area contributed by atoms with Crippen LogP contribution in [0.5, 0.6) is 0 Å². The summed E-state index contributed by atoms with van der Waals surface area (Å²) in [6, 6.07) is 12.7. The van der Waals surface area contributed by atoms with E-state index in [9.17, 15) is 9.59 Å². The van der Waals surface area contributed by atoms with Crippen molar-refractivity contribution in [2.75, 3.05) is 16.4 Å². The summed E-state index contributed by atoms with van der Waals surface area (Å²) < 4.78 is 0. The summed E-state index contributed by atoms with van der Waals surface area (Å²) in [6.45, 7) is 1.46. The van der Waals surface area contributed by atoms with Gasteiger partial charge in [-0.25, -0.2) is 4.98 Å². The smallest absolute Gasteiger partial charge is 0.235 e. The van der Waals surface area contributed by atoms with Crippen molar-refractivity contribution in [1.29, 1.82) is 0 Å². The standard InChI is InChI=1S/C15H15N3O2S/c1-11(19)17-12-5-4-6-13(9-12)21-10-15(20)18-14-7-2-3-8-16-14/h2-9H,10H2,1H3,(H,17,19)(H,16,18,20). The third-order valence-corrected chi connectivity index (χ3v) is 3.45. The summed E-state index contributed by atoms with van der Waals surface area (Å²) in [5.41, 5.74) is 0.720. The van der Waals surface area contributed by atoms with Gasteiger partial charge in [-0.05, 0) is 30.3 Å². The predicted molar refractivity (Wildman–Crippen MR) is 84.3 cm³/mol. The zero-order valence-electron chi connectivity index (χ0n) is 11.5. The van der Waals surface area contributed by atoms with Gasteiger partial charge in [0.2, 0.25) is 11.8 Å². The fourth-order valence-corrected chi connectivity index (χ4v) is 2.39. The molecule has 0 unspecified atom stereocenters. The molecule has 2 N–H and O–H groups in total. The van der Waals surface area contributed by atoms with Crippen molar-refractivity contribution in [3.8, 4) is 0 Å². The molecule has 1 aromatic heterocycles. The molecule has 2 aromatic rings. The Morgan fingerprint density at radius 2 is 2.00 bits per heavy atom. The molecule has 108 valence electrons. The molecule has 0 spiro atoms. The number of carbonyl (C=O) groups excluding carboxylic acids is 2. The summed E-state index contributed by atoms with van der Waals surface area (Å²) >= 11 is 1.40. The molecular formula is C15H15N3O2S. The molecule has 0 aliphatic heterocycles. The Hall–Kier alpha value is -2.34. The number of nitrogens with one attached hydrogen (secondary N) is 2. The Bertz CT molecular complexity index is 632. The number of benzene rings is 1. The fourth-order valence-electron chi connectivity index (χ4n) is 1.63. The minimum Gasteiger partial charge on any atom is -0.326 e. The normalized spacial score (nSPS) is 9.95. The maximum Gasteiger partial charge on any atom is 0.235 e. The van der Waals surface area contributed by atoms with E-state index in [0.29, 0.717) is 5.82 Å². The molecule has 0 atom stereocenters. The number of pyridine rings is 1. The van der Waals surface area contributed by atoms with E-state index < -0.39 is 0 Å². The zero-order valence-corrected chi connectivity index (χ0v) is 12.3. The monoisotopic (exact) mass is 301 g/mol. The minimum atomic E-state index is -0.122. The van der Waals surface area contributed by atoms with Crippen LogP contribution in [0.2, 0.25) is 0 Å². The molecule has 0 aliphatic rings. The van der Waals surface area contributed by atoms with Gasteiger partial charge < -0.3 is 10.6 Å². The van der Waals surface area contributed by atoms with Gasteiger partial charge >= 0.3 is 0 Å². The van der Waals surface area contributed by atoms with E-state index in [1.165, 1.54) is 18.7 Å². The zero-order chi connectivity index (χ0) is 15.1. The van der Waals surface area contributed by atoms with Gasteiger partial charge in [-0.1, -0.05) is 12.1 Å². The van der Waals surface area contributed by atoms with E-state index in [-0.39, 0.29) is 17.6 Å². The largest absolute Gasteiger partial charge is 0.326 e. The van der Waals surface area contributed by atoms with E-state index in [4.69, 9.17) is 0 Å². The Morgan fingerprint density at radius 3 is 2.71 bits per heavy atom. The number of rotatable bonds is 5. The number of hydrogen-bond acceptors (Lipinski definition) is 4. The first-order chi connectivity index (χ1) is 10.1. The molecule has 0 aliphatic carbocycles. The van der Waals surface area contributed by atoms with Crippen molar-refractivity contribution < 1.29 is 9.59 Å². The summed E-state index contributed by atoms with van der Waals surface area (Å²) in [6.07, 6.45) is 1.62. The van der Waals surface area contributed by atoms with E-state index in [0.717, 1.165) is 10.6 Å². The Kier molecular flexibility index (Phi) is 5.34. The molecule has 0 fully saturated rings. The molecule has 6 heteroatoms. The molecule has 2 rings (SSSR count). The number of carbonyl (C=O) groups is 2. The summed E-state index contributed by atoms with van der Waals surface area (Å²) in [5, 5.41) is 5.43. The minimum absolute atomic E-state index is 0.120. The second-order valence-corrected chi connectivity index (χ2v) is 5.31. The van der Waals surface area contributed by atoms with Crippen LogP contribution in [0.1, 0.15) is 6.92 Å². The molecule has 21 heavy (non-hydrogen) atoms. The average molecular weight is 301 g/mol. The molecule has 1 aromatic carbocycles. The maximum atomic E-state index is 11.8. The fraction of sp³-hybridized carbons (Fsp3) is 0.133. The van der Waals surface area contributed by atoms with Crippen molar-refractivity contribution in [3.05, 3.63) is 48.7 Å². The number of aromatic nitrogens is 1. The third kappa shape index (κ3) is 5.27. The highest BCUT2D eigenvalue weighted by Gasteiger charge is 2.05. The molecule has 0 saturated carbocycles. The number of thioether (sulfide) groups is 1. The first kappa shape index (κ1) is 15.1. The van der Waals surface area contributed by atoms with Gasteiger partial charge in [-0.15, -0.1) is 11.8 Å². The van der Waals surface area contributed by atoms with Crippen LogP contribution in [0.15, 0.2) is 53.6 Å². The predicted octanol–water partition coefficient (Wildman–Crippen LogP) is 2.77. The van der Waals surface area contributed by atoms with Crippen LogP contribution in [-0.4, -0.2) is 22.6 Å². The van der Waals surface area contributed by atoms with Crippen molar-refractivity contribution >= 4 is 35.1 Å². The number of nitrogens with zero attached hydrogens (tertiary/aromatic N) is 1. The number of anilines is 2. The van der Waals surface area contributed by atoms with Gasteiger partial charge in [0.1, 0.15) is 5.82 Å². The highest BCUT2D eigenvalue weighted by molar-refractivity contribution is 8.00. The Morgan fingerprint density at radius 1 is 1.14 bits per heavy atom. The lowest BCUT2D eigenvalue weighted by Gasteiger charge is -2.06. The Labute approximate surface area is 127 Å². The summed E-state index contributed by atoms with van der Waals surface area (Å²) in [7, 11) is 0. The highest BCUT2D eigenvalue weighted by atomic mass is 32.2. The van der Waals surface area contributed by atoms with Crippen LogP contribution in [0.3, 0.4) is 0 Å². The van der Waals surface area contributed by atoms with E-state index in [1.54, 1.807) is 24.4 Å². The molecular weight excluding hydrogens is 286 g/mol. The lowest BCUT2D eigenvalue weighted by Crippen LogP contribution is -2.14. The van der Waals surface area contributed by atoms with Gasteiger partial charge in [0.25, 0.3) is 0 Å². The van der Waals surface area contributed by atoms with Gasteiger partial charge in [-0.3, -0.25) is 9.59 Å². The topological polar surface area (TPSA) is 71.1 Å². The molecule has 5 nitrogen and oxygen atoms in total. The molecule has 1 heterocycles. The molecule has 2 amide bonds. The second kappa shape index (κ2) is 7.44. The SMILES string of the molecule is CC(=O)Nc1cccc(SCC(=O)Nc2ccccn2)c1. The lowest BCUT2D eigenvalue weighted by atomic mass is 10.3. The second-order valence-electron chi connectivity index (χ2n) is 4.26. The molecule has 0 saturated heterocycles. The summed E-state index contributed by atoms with van der Waals surface area (Å²) in [4.78, 5) is 27.8. The van der Waals surface area contributed by atoms with Crippen molar-refractivity contribution in [2.24, 2.45) is 0 Å². The number of hydrogen-bond donors (Lipinski definition) is 2. The van der Waals surface area contributed by atoms with Crippen LogP contribution >= 0.6 is 11.8 Å². The van der Waals surface area contributed by atoms with Crippen molar-refractivity contribution in [2.45, 2.75) is 11.8 Å². The van der Waals surface area contributed by atoms with Crippen molar-refractivity contribution in [1.82, 2.24) is 4.98 Å². The highest BCUT2D eigenvalue weighted by Crippen LogP contribution is 2.21. The molecule has 0 radical (unpaired) electrons. The first-order valence-corrected chi connectivity index (χ1v) is 7.33. The summed E-state index contributed by atoms with van der Waals surface area (Å²) in [5.74, 6) is 0.573. The quantitative estimate of drug-likeness (QED) is 0.833. The van der Waals surface area contributed by atoms with Gasteiger partial charge in [0, 0.05) is 23.7 Å². The van der Waals surface area contributed by atoms with Crippen molar-refractivity contribution in [3.63, 3.8) is 0 Å². The molecule has 0 bridgehead atoms. The van der Waals surface area contributed by atoms with Crippen LogP contribution < -0.4 is 10.6 Å². The number of amides is 2. The third-order valence-electron chi connectivity index (χ3n) is 2.46. The average Bonchev–Trinajstić information content (AvgIpc) is 2.46. The maximum absolute atomic E-state index is 11.8. The van der Waals surface area contributed by atoms with Gasteiger partial charge in [0.15, 0.2) is 0 Å². The Balaban J connectivity index is 1.88. The van der Waals surface area contributed by atoms with Crippen LogP contribution in [0, 0.1) is 0 Å². The van der Waals surface area contributed by atoms with Crippen LogP contribution in [0.25, 0.3) is 0 Å². The van der Waals surface area contributed by atoms with Gasteiger partial charge in [-0.2, -0.15) is 0 Å². The lowest BCUT2D eigenvalue weighted by molar-refractivity contribution is -0.114.